The molecule has 5 nitrogen and oxygen atoms in total. The number of allylic oxidation sites excluding steroid dienone is 2. The molecule has 0 aliphatic heterocycles. The van der Waals surface area contributed by atoms with Gasteiger partial charge in [-0.25, -0.2) is 0 Å². The Balaban J connectivity index is 0.000000361. The van der Waals surface area contributed by atoms with Gasteiger partial charge in [0.1, 0.15) is 11.3 Å². The summed E-state index contributed by atoms with van der Waals surface area (Å²) in [5, 5.41) is 13.2. The third-order valence-corrected chi connectivity index (χ3v) is 9.48. The van der Waals surface area contributed by atoms with Crippen LogP contribution in [0.4, 0.5) is 0 Å². The van der Waals surface area contributed by atoms with Crippen LogP contribution in [0.3, 0.4) is 0 Å². The van der Waals surface area contributed by atoms with Gasteiger partial charge in [-0.2, -0.15) is 0 Å². The first-order valence-corrected chi connectivity index (χ1v) is 17.9. The molecule has 0 spiro atoms. The fourth-order valence-electron chi connectivity index (χ4n) is 6.50. The maximum atomic E-state index is 11.7. The first kappa shape index (κ1) is 40.7. The van der Waals surface area contributed by atoms with Crippen molar-refractivity contribution in [2.24, 2.45) is 17.8 Å². The summed E-state index contributed by atoms with van der Waals surface area (Å²) < 4.78 is 7.98. The molecule has 0 unspecified atom stereocenters. The minimum Gasteiger partial charge on any atom is -0.512 e. The van der Waals surface area contributed by atoms with Gasteiger partial charge in [-0.1, -0.05) is 91.5 Å². The Bertz CT molecular complexity index is 1910. The number of rotatable bonds is 11. The van der Waals surface area contributed by atoms with Crippen molar-refractivity contribution in [3.8, 4) is 22.4 Å². The topological polar surface area (TPSA) is 67.2 Å². The number of aliphatic hydroxyl groups is 1. The molecule has 0 aliphatic carbocycles. The van der Waals surface area contributed by atoms with Crippen LogP contribution in [0.25, 0.3) is 44.1 Å². The Kier molecular flexibility index (Phi) is 14.6. The molecule has 0 fully saturated rings. The third kappa shape index (κ3) is 9.53. The number of aromatic nitrogens is 2. The fraction of sp³-hybridized carbons (Fsp3) is 0.409. The van der Waals surface area contributed by atoms with E-state index in [1.54, 1.807) is 0 Å². The predicted molar refractivity (Wildman–Crippen MR) is 203 cm³/mol. The molecule has 2 aromatic carbocycles. The second-order valence-corrected chi connectivity index (χ2v) is 14.6. The number of pyridine rings is 2. The van der Waals surface area contributed by atoms with E-state index in [-0.39, 0.29) is 48.9 Å². The van der Waals surface area contributed by atoms with Gasteiger partial charge in [0.15, 0.2) is 5.78 Å². The molecule has 0 aliphatic rings. The van der Waals surface area contributed by atoms with Gasteiger partial charge in [0.2, 0.25) is 0 Å². The Labute approximate surface area is 313 Å². The van der Waals surface area contributed by atoms with E-state index in [0.29, 0.717) is 5.92 Å². The molecule has 3 aromatic heterocycles. The number of fused-ring (bicyclic) bond motifs is 2. The minimum absolute atomic E-state index is 0. The van der Waals surface area contributed by atoms with Crippen molar-refractivity contribution in [2.75, 3.05) is 0 Å². The van der Waals surface area contributed by atoms with Crippen molar-refractivity contribution in [3.05, 3.63) is 103 Å². The molecule has 0 saturated heterocycles. The van der Waals surface area contributed by atoms with Gasteiger partial charge in [0, 0.05) is 74.0 Å². The van der Waals surface area contributed by atoms with E-state index in [0.717, 1.165) is 70.8 Å². The van der Waals surface area contributed by atoms with Gasteiger partial charge >= 0.3 is 0 Å². The van der Waals surface area contributed by atoms with Crippen LogP contribution in [-0.4, -0.2) is 15.9 Å². The van der Waals surface area contributed by atoms with Crippen molar-refractivity contribution in [2.45, 2.75) is 99.8 Å². The average molecular weight is 852 g/mol. The zero-order chi connectivity index (χ0) is 35.9. The monoisotopic (exact) mass is 852 g/mol. The summed E-state index contributed by atoms with van der Waals surface area (Å²) in [5.74, 6) is 1.10. The van der Waals surface area contributed by atoms with Crippen molar-refractivity contribution >= 4 is 27.5 Å². The van der Waals surface area contributed by atoms with Gasteiger partial charge in [0.05, 0.1) is 18.2 Å². The number of hydrogen-bond acceptors (Lipinski definition) is 4. The summed E-state index contributed by atoms with van der Waals surface area (Å²) in [5.41, 5.74) is 7.47. The molecule has 5 rings (SSSR count). The van der Waals surface area contributed by atoms with E-state index in [4.69, 9.17) is 4.42 Å². The van der Waals surface area contributed by atoms with Crippen molar-refractivity contribution in [1.29, 1.82) is 0 Å². The molecular formula is C44H55IrN2O3-. The van der Waals surface area contributed by atoms with E-state index in [9.17, 15) is 9.90 Å². The summed E-state index contributed by atoms with van der Waals surface area (Å²) in [6.07, 6.45) is 13.6. The van der Waals surface area contributed by atoms with Crippen molar-refractivity contribution < 1.29 is 39.0 Å². The van der Waals surface area contributed by atoms with E-state index in [2.05, 4.69) is 95.2 Å². The van der Waals surface area contributed by atoms with E-state index in [1.807, 2.05) is 57.1 Å². The molecule has 3 heterocycles. The normalized spacial score (nSPS) is 12.0. The average Bonchev–Trinajstić information content (AvgIpc) is 3.47. The van der Waals surface area contributed by atoms with Crippen LogP contribution in [0, 0.1) is 30.9 Å². The van der Waals surface area contributed by atoms with Crippen LogP contribution in [0.15, 0.2) is 83.6 Å². The Morgan fingerprint density at radius 3 is 2.26 bits per heavy atom. The summed E-state index contributed by atoms with van der Waals surface area (Å²) >= 11 is 0. The van der Waals surface area contributed by atoms with Crippen LogP contribution < -0.4 is 4.57 Å². The van der Waals surface area contributed by atoms with Gasteiger partial charge in [-0.3, -0.25) is 9.78 Å². The van der Waals surface area contributed by atoms with Crippen molar-refractivity contribution in [1.82, 2.24) is 4.98 Å². The van der Waals surface area contributed by atoms with Gasteiger partial charge in [-0.15, -0.1) is 29.1 Å². The van der Waals surface area contributed by atoms with Gasteiger partial charge < -0.3 is 14.1 Å². The molecule has 1 radical (unpaired) electrons. The number of hydrogen-bond donors (Lipinski definition) is 1. The fourth-order valence-corrected chi connectivity index (χ4v) is 6.50. The first-order valence-electron chi connectivity index (χ1n) is 17.9. The summed E-state index contributed by atoms with van der Waals surface area (Å²) in [6, 6.07) is 18.6. The van der Waals surface area contributed by atoms with Crippen LogP contribution in [0.2, 0.25) is 0 Å². The molecule has 0 atom stereocenters. The molecule has 0 bridgehead atoms. The second-order valence-electron chi connectivity index (χ2n) is 14.6. The zero-order valence-electron chi connectivity index (χ0n) is 31.4. The van der Waals surface area contributed by atoms with Crippen LogP contribution in [0.5, 0.6) is 0 Å². The van der Waals surface area contributed by atoms with E-state index < -0.39 is 0 Å². The van der Waals surface area contributed by atoms with Gasteiger partial charge in [-0.05, 0) is 61.1 Å². The van der Waals surface area contributed by atoms with Crippen LogP contribution >= 0.6 is 0 Å². The Hall–Kier alpha value is -3.73. The maximum Gasteiger partial charge on any atom is 0.162 e. The molecule has 0 saturated carbocycles. The summed E-state index contributed by atoms with van der Waals surface area (Å²) in [7, 11) is 4.26. The first-order chi connectivity index (χ1) is 23.3. The van der Waals surface area contributed by atoms with E-state index >= 15 is 0 Å². The smallest absolute Gasteiger partial charge is 0.162 e. The quantitative estimate of drug-likeness (QED) is 0.0622. The largest absolute Gasteiger partial charge is 0.512 e. The molecular weight excluding hydrogens is 797 g/mol. The predicted octanol–water partition coefficient (Wildman–Crippen LogP) is 11.4. The van der Waals surface area contributed by atoms with Gasteiger partial charge in [0.25, 0.3) is 0 Å². The van der Waals surface area contributed by atoms with E-state index in [1.165, 1.54) is 22.6 Å². The summed E-state index contributed by atoms with van der Waals surface area (Å²) in [4.78, 5) is 16.3. The van der Waals surface area contributed by atoms with Crippen molar-refractivity contribution in [3.63, 3.8) is 0 Å². The minimum atomic E-state index is 0. The molecule has 269 valence electrons. The Morgan fingerprint density at radius 2 is 1.64 bits per heavy atom. The number of nitrogens with zero attached hydrogens (tertiary/aromatic N) is 2. The number of furan rings is 1. The van der Waals surface area contributed by atoms with Crippen LogP contribution in [0.1, 0.15) is 99.1 Å². The molecule has 50 heavy (non-hydrogen) atoms. The number of ketones is 1. The van der Waals surface area contributed by atoms with Crippen LogP contribution in [-0.2, 0) is 36.7 Å². The summed E-state index contributed by atoms with van der Waals surface area (Å²) in [6.45, 7) is 19.3. The third-order valence-electron chi connectivity index (χ3n) is 9.48. The number of carbonyl (C=O) groups excluding carboxylic acids is 1. The number of aliphatic hydroxyl groups excluding tert-OH is 1. The maximum absolute atomic E-state index is 11.7. The Morgan fingerprint density at radius 1 is 0.980 bits per heavy atom. The second kappa shape index (κ2) is 18.0. The number of benzene rings is 2. The standard InChI is InChI=1S/C31H31N2O.C13H24O2.Ir/c1-20(2)13-24-19-34-30-26(17-32-18-27(24)30)22-11-12-33(6)29(16-22)23-14-21-9-7-8-10-25(21)28(15-23)31(3,4)5;1-5-10(6-2)12(14)9-13(15)11(7-3)8-4;/h7-12,15-20H,6,13H2,1-5H3;9-11,14H,5-8H2,1-4H3;/q-1;;/b;12-9-;. The zero-order valence-corrected chi connectivity index (χ0v) is 33.8. The number of carbonyl (C=O) groups is 1. The molecule has 6 heteroatoms. The SMILES string of the molecule is CCC(CC)C(=O)/C=C(\O)C(CC)CC.[CH2-][n+]1ccc(-c2cncc3c(CC(C)C)coc23)cc1-c1[c-]c2ccccc2c(C(C)(C)C)c1.[Ir]. The molecule has 0 amide bonds. The molecule has 5 aromatic rings. The molecule has 1 N–H and O–H groups in total.